The van der Waals surface area contributed by atoms with Crippen LogP contribution < -0.4 is 10.2 Å². The molecule has 4 heteroatoms. The molecule has 22 heavy (non-hydrogen) atoms. The fraction of sp³-hybridized carbons (Fsp3) is 0.333. The van der Waals surface area contributed by atoms with E-state index in [4.69, 9.17) is 0 Å². The van der Waals surface area contributed by atoms with Gasteiger partial charge in [-0.1, -0.05) is 36.4 Å². The smallest absolute Gasteiger partial charge is 0.129 e. The van der Waals surface area contributed by atoms with Crippen LogP contribution in [0.5, 0.6) is 0 Å². The zero-order chi connectivity index (χ0) is 16.1. The SMILES string of the molecule is CC(NCC(O)c1ccccc1F)c1ccccc1N(C)C. The molecule has 0 bridgehead atoms. The van der Waals surface area contributed by atoms with E-state index < -0.39 is 6.10 Å². The van der Waals surface area contributed by atoms with Gasteiger partial charge in [-0.2, -0.15) is 0 Å². The number of halogens is 1. The van der Waals surface area contributed by atoms with E-state index in [0.717, 1.165) is 11.3 Å². The highest BCUT2D eigenvalue weighted by Crippen LogP contribution is 2.25. The second-order valence-electron chi connectivity index (χ2n) is 5.62. The van der Waals surface area contributed by atoms with Gasteiger partial charge in [0.15, 0.2) is 0 Å². The summed E-state index contributed by atoms with van der Waals surface area (Å²) >= 11 is 0. The first-order chi connectivity index (χ1) is 10.5. The maximum Gasteiger partial charge on any atom is 0.129 e. The molecule has 0 aliphatic carbocycles. The van der Waals surface area contributed by atoms with Gasteiger partial charge in [0, 0.05) is 37.9 Å². The number of aliphatic hydroxyl groups is 1. The van der Waals surface area contributed by atoms with Crippen LogP contribution in [0.15, 0.2) is 48.5 Å². The summed E-state index contributed by atoms with van der Waals surface area (Å²) in [6.07, 6.45) is -0.866. The summed E-state index contributed by atoms with van der Waals surface area (Å²) in [5.74, 6) is -0.377. The third-order valence-corrected chi connectivity index (χ3v) is 3.77. The zero-order valence-corrected chi connectivity index (χ0v) is 13.3. The molecule has 0 aliphatic heterocycles. The molecular weight excluding hydrogens is 279 g/mol. The molecule has 2 aromatic rings. The standard InChI is InChI=1S/C18H23FN2O/c1-13(14-8-5-7-11-17(14)21(2)3)20-12-18(22)15-9-4-6-10-16(15)19/h4-11,13,18,20,22H,12H2,1-3H3. The summed E-state index contributed by atoms with van der Waals surface area (Å²) in [4.78, 5) is 2.06. The van der Waals surface area contributed by atoms with Crippen molar-refractivity contribution in [3.05, 3.63) is 65.5 Å². The van der Waals surface area contributed by atoms with Crippen LogP contribution in [0, 0.1) is 5.82 Å². The summed E-state index contributed by atoms with van der Waals surface area (Å²) < 4.78 is 13.7. The Balaban J connectivity index is 2.04. The van der Waals surface area contributed by atoms with Gasteiger partial charge in [-0.15, -0.1) is 0 Å². The van der Waals surface area contributed by atoms with Crippen molar-refractivity contribution < 1.29 is 9.50 Å². The summed E-state index contributed by atoms with van der Waals surface area (Å²) in [6.45, 7) is 2.33. The number of anilines is 1. The minimum absolute atomic E-state index is 0.0556. The van der Waals surface area contributed by atoms with E-state index in [1.54, 1.807) is 18.2 Å². The molecule has 2 atom stereocenters. The van der Waals surface area contributed by atoms with E-state index in [-0.39, 0.29) is 11.9 Å². The first-order valence-electron chi connectivity index (χ1n) is 7.43. The second kappa shape index (κ2) is 7.38. The van der Waals surface area contributed by atoms with E-state index >= 15 is 0 Å². The number of hydrogen-bond acceptors (Lipinski definition) is 3. The van der Waals surface area contributed by atoms with Crippen molar-refractivity contribution in [3.8, 4) is 0 Å². The van der Waals surface area contributed by atoms with Crippen LogP contribution in [0.3, 0.4) is 0 Å². The van der Waals surface area contributed by atoms with Crippen molar-refractivity contribution in [1.29, 1.82) is 0 Å². The van der Waals surface area contributed by atoms with Gasteiger partial charge in [0.2, 0.25) is 0 Å². The van der Waals surface area contributed by atoms with E-state index in [9.17, 15) is 9.50 Å². The topological polar surface area (TPSA) is 35.5 Å². The van der Waals surface area contributed by atoms with Gasteiger partial charge in [0.05, 0.1) is 6.10 Å². The van der Waals surface area contributed by atoms with Crippen molar-refractivity contribution in [2.75, 3.05) is 25.5 Å². The second-order valence-corrected chi connectivity index (χ2v) is 5.62. The summed E-state index contributed by atoms with van der Waals surface area (Å²) in [6, 6.07) is 14.5. The minimum atomic E-state index is -0.866. The Hall–Kier alpha value is -1.91. The predicted molar refractivity (Wildman–Crippen MR) is 88.5 cm³/mol. The van der Waals surface area contributed by atoms with E-state index in [1.165, 1.54) is 6.07 Å². The maximum atomic E-state index is 13.7. The molecular formula is C18H23FN2O. The molecule has 0 aliphatic rings. The lowest BCUT2D eigenvalue weighted by molar-refractivity contribution is 0.166. The third-order valence-electron chi connectivity index (χ3n) is 3.77. The molecule has 2 rings (SSSR count). The monoisotopic (exact) mass is 302 g/mol. The van der Waals surface area contributed by atoms with E-state index in [0.29, 0.717) is 12.1 Å². The number of benzene rings is 2. The van der Waals surface area contributed by atoms with Gasteiger partial charge in [-0.25, -0.2) is 4.39 Å². The van der Waals surface area contributed by atoms with Crippen LogP contribution >= 0.6 is 0 Å². The van der Waals surface area contributed by atoms with Gasteiger partial charge >= 0.3 is 0 Å². The molecule has 0 saturated carbocycles. The molecule has 118 valence electrons. The van der Waals surface area contributed by atoms with Crippen molar-refractivity contribution in [2.45, 2.75) is 19.1 Å². The van der Waals surface area contributed by atoms with Gasteiger partial charge in [-0.05, 0) is 24.6 Å². The largest absolute Gasteiger partial charge is 0.387 e. The van der Waals surface area contributed by atoms with Crippen molar-refractivity contribution >= 4 is 5.69 Å². The third kappa shape index (κ3) is 3.84. The number of nitrogens with zero attached hydrogens (tertiary/aromatic N) is 1. The summed E-state index contributed by atoms with van der Waals surface area (Å²) in [5.41, 5.74) is 2.60. The molecule has 2 N–H and O–H groups in total. The molecule has 0 saturated heterocycles. The van der Waals surface area contributed by atoms with E-state index in [1.807, 2.05) is 33.2 Å². The van der Waals surface area contributed by atoms with Crippen molar-refractivity contribution in [3.63, 3.8) is 0 Å². The lowest BCUT2D eigenvalue weighted by atomic mass is 10.0. The number of aliphatic hydroxyl groups excluding tert-OH is 1. The van der Waals surface area contributed by atoms with Gasteiger partial charge in [-0.3, -0.25) is 0 Å². The molecule has 0 heterocycles. The number of rotatable bonds is 6. The van der Waals surface area contributed by atoms with Gasteiger partial charge < -0.3 is 15.3 Å². The average molecular weight is 302 g/mol. The average Bonchev–Trinajstić information content (AvgIpc) is 2.52. The molecule has 0 aromatic heterocycles. The molecule has 0 spiro atoms. The Morgan fingerprint density at radius 2 is 1.64 bits per heavy atom. The number of para-hydroxylation sites is 1. The zero-order valence-electron chi connectivity index (χ0n) is 13.3. The lowest BCUT2D eigenvalue weighted by Crippen LogP contribution is -2.26. The molecule has 2 unspecified atom stereocenters. The molecule has 0 amide bonds. The normalized spacial score (nSPS) is 13.7. The fourth-order valence-electron chi connectivity index (χ4n) is 2.51. The highest BCUT2D eigenvalue weighted by atomic mass is 19.1. The van der Waals surface area contributed by atoms with Crippen LogP contribution in [0.25, 0.3) is 0 Å². The van der Waals surface area contributed by atoms with Crippen LogP contribution in [0.2, 0.25) is 0 Å². The van der Waals surface area contributed by atoms with Crippen LogP contribution in [-0.4, -0.2) is 25.7 Å². The highest BCUT2D eigenvalue weighted by Gasteiger charge is 2.15. The highest BCUT2D eigenvalue weighted by molar-refractivity contribution is 5.53. The van der Waals surface area contributed by atoms with Crippen LogP contribution in [-0.2, 0) is 0 Å². The molecule has 2 aromatic carbocycles. The van der Waals surface area contributed by atoms with Gasteiger partial charge in [0.1, 0.15) is 5.82 Å². The van der Waals surface area contributed by atoms with Gasteiger partial charge in [0.25, 0.3) is 0 Å². The fourth-order valence-corrected chi connectivity index (χ4v) is 2.51. The van der Waals surface area contributed by atoms with Crippen molar-refractivity contribution in [1.82, 2.24) is 5.32 Å². The number of nitrogens with one attached hydrogen (secondary N) is 1. The molecule has 3 nitrogen and oxygen atoms in total. The minimum Gasteiger partial charge on any atom is -0.387 e. The van der Waals surface area contributed by atoms with Crippen LogP contribution in [0.1, 0.15) is 30.2 Å². The predicted octanol–water partition coefficient (Wildman–Crippen LogP) is 3.28. The summed E-state index contributed by atoms with van der Waals surface area (Å²) in [7, 11) is 4.00. The first-order valence-corrected chi connectivity index (χ1v) is 7.43. The number of hydrogen-bond donors (Lipinski definition) is 2. The Bertz CT molecular complexity index is 616. The Kier molecular flexibility index (Phi) is 5.52. The Morgan fingerprint density at radius 3 is 2.27 bits per heavy atom. The summed E-state index contributed by atoms with van der Waals surface area (Å²) in [5, 5.41) is 13.4. The quantitative estimate of drug-likeness (QED) is 0.859. The van der Waals surface area contributed by atoms with Crippen LogP contribution in [0.4, 0.5) is 10.1 Å². The Labute approximate surface area is 131 Å². The first kappa shape index (κ1) is 16.5. The van der Waals surface area contributed by atoms with E-state index in [2.05, 4.69) is 22.3 Å². The molecule has 0 radical (unpaired) electrons. The Morgan fingerprint density at radius 1 is 1.05 bits per heavy atom. The maximum absolute atomic E-state index is 13.7. The van der Waals surface area contributed by atoms with Crippen molar-refractivity contribution in [2.24, 2.45) is 0 Å². The lowest BCUT2D eigenvalue weighted by Gasteiger charge is -2.23. The molecule has 0 fully saturated rings.